The van der Waals surface area contributed by atoms with E-state index in [1.54, 1.807) is 0 Å². The number of aryl methyl sites for hydroxylation is 1. The maximum atomic E-state index is 6.13. The summed E-state index contributed by atoms with van der Waals surface area (Å²) in [4.78, 5) is 0. The van der Waals surface area contributed by atoms with Crippen molar-refractivity contribution < 1.29 is 4.74 Å². The third-order valence-electron chi connectivity index (χ3n) is 3.73. The van der Waals surface area contributed by atoms with E-state index in [4.69, 9.17) is 4.74 Å². The van der Waals surface area contributed by atoms with E-state index in [1.807, 2.05) is 0 Å². The van der Waals surface area contributed by atoms with Gasteiger partial charge in [-0.2, -0.15) is 0 Å². The molecule has 1 saturated heterocycles. The van der Waals surface area contributed by atoms with Crippen molar-refractivity contribution >= 4 is 0 Å². The van der Waals surface area contributed by atoms with E-state index in [0.29, 0.717) is 12.1 Å². The average molecular weight is 217 g/mol. The number of hydrogen-bond acceptors (Lipinski definition) is 2. The fraction of sp³-hybridized carbons (Fsp3) is 0.571. The van der Waals surface area contributed by atoms with Gasteiger partial charge in [0.05, 0.1) is 12.2 Å². The average Bonchev–Trinajstić information content (AvgIpc) is 2.48. The summed E-state index contributed by atoms with van der Waals surface area (Å²) >= 11 is 0. The molecule has 0 radical (unpaired) electrons. The van der Waals surface area contributed by atoms with Crippen LogP contribution in [0, 0.1) is 0 Å². The lowest BCUT2D eigenvalue weighted by molar-refractivity contribution is -0.0569. The van der Waals surface area contributed by atoms with Crippen LogP contribution in [0.15, 0.2) is 24.3 Å². The molecule has 1 aliphatic heterocycles. The fourth-order valence-electron chi connectivity index (χ4n) is 2.91. The highest BCUT2D eigenvalue weighted by Gasteiger charge is 2.32. The van der Waals surface area contributed by atoms with Gasteiger partial charge in [0.1, 0.15) is 0 Å². The van der Waals surface area contributed by atoms with Crippen LogP contribution < -0.4 is 5.32 Å². The minimum absolute atomic E-state index is 0.266. The van der Waals surface area contributed by atoms with E-state index in [2.05, 4.69) is 36.5 Å². The monoisotopic (exact) mass is 217 g/mol. The zero-order chi connectivity index (χ0) is 11.0. The van der Waals surface area contributed by atoms with Gasteiger partial charge in [0.25, 0.3) is 0 Å². The Kier molecular flexibility index (Phi) is 2.70. The zero-order valence-corrected chi connectivity index (χ0v) is 9.78. The lowest BCUT2D eigenvalue weighted by Crippen LogP contribution is -2.46. The van der Waals surface area contributed by atoms with Crippen molar-refractivity contribution in [3.63, 3.8) is 0 Å². The van der Waals surface area contributed by atoms with Gasteiger partial charge in [0, 0.05) is 12.6 Å². The molecule has 0 aromatic heterocycles. The molecule has 1 aromatic rings. The predicted molar refractivity (Wildman–Crippen MR) is 64.5 cm³/mol. The van der Waals surface area contributed by atoms with Gasteiger partial charge in [-0.1, -0.05) is 24.3 Å². The molecule has 0 saturated carbocycles. The van der Waals surface area contributed by atoms with Crippen LogP contribution in [0.4, 0.5) is 0 Å². The molecule has 1 N–H and O–H groups in total. The number of hydrogen-bond donors (Lipinski definition) is 1. The Labute approximate surface area is 97.0 Å². The normalized spacial score (nSPS) is 33.7. The Morgan fingerprint density at radius 2 is 2.19 bits per heavy atom. The van der Waals surface area contributed by atoms with Crippen molar-refractivity contribution in [2.75, 3.05) is 6.54 Å². The van der Waals surface area contributed by atoms with Crippen LogP contribution in [0.5, 0.6) is 0 Å². The minimum atomic E-state index is 0.266. The Morgan fingerprint density at radius 1 is 1.31 bits per heavy atom. The molecule has 0 bridgehead atoms. The first-order chi connectivity index (χ1) is 7.84. The smallest absolute Gasteiger partial charge is 0.0984 e. The molecule has 3 rings (SSSR count). The van der Waals surface area contributed by atoms with Crippen LogP contribution >= 0.6 is 0 Å². The molecule has 1 unspecified atom stereocenters. The highest BCUT2D eigenvalue weighted by Crippen LogP contribution is 2.34. The van der Waals surface area contributed by atoms with Gasteiger partial charge in [-0.05, 0) is 37.3 Å². The molecule has 0 spiro atoms. The van der Waals surface area contributed by atoms with E-state index in [1.165, 1.54) is 30.4 Å². The maximum absolute atomic E-state index is 6.13. The van der Waals surface area contributed by atoms with Gasteiger partial charge < -0.3 is 10.1 Å². The quantitative estimate of drug-likeness (QED) is 0.720. The second-order valence-corrected chi connectivity index (χ2v) is 4.97. The first-order valence-electron chi connectivity index (χ1n) is 6.31. The van der Waals surface area contributed by atoms with Crippen LogP contribution in [0.25, 0.3) is 0 Å². The van der Waals surface area contributed by atoms with Gasteiger partial charge in [-0.3, -0.25) is 0 Å². The number of morpholine rings is 1. The summed E-state index contributed by atoms with van der Waals surface area (Å²) in [5.74, 6) is 0. The SMILES string of the molecule is CC1CN[C@H]2CCCc3ccccc3[C@@H]2O1. The summed E-state index contributed by atoms with van der Waals surface area (Å²) < 4.78 is 6.13. The summed E-state index contributed by atoms with van der Waals surface area (Å²) in [6.45, 7) is 3.14. The molecular formula is C14H19NO. The highest BCUT2D eigenvalue weighted by molar-refractivity contribution is 5.32. The molecule has 1 aliphatic carbocycles. The van der Waals surface area contributed by atoms with E-state index in [9.17, 15) is 0 Å². The molecule has 86 valence electrons. The second kappa shape index (κ2) is 4.19. The van der Waals surface area contributed by atoms with Crippen molar-refractivity contribution in [1.82, 2.24) is 5.32 Å². The number of fused-ring (bicyclic) bond motifs is 3. The lowest BCUT2D eigenvalue weighted by atomic mass is 9.97. The minimum Gasteiger partial charge on any atom is -0.368 e. The van der Waals surface area contributed by atoms with Crippen molar-refractivity contribution in [3.05, 3.63) is 35.4 Å². The first kappa shape index (κ1) is 10.3. The summed E-state index contributed by atoms with van der Waals surface area (Å²) in [6, 6.07) is 9.26. The van der Waals surface area contributed by atoms with E-state index in [-0.39, 0.29) is 6.10 Å². The number of ether oxygens (including phenoxy) is 1. The Morgan fingerprint density at radius 3 is 3.12 bits per heavy atom. The Balaban J connectivity index is 1.97. The topological polar surface area (TPSA) is 21.3 Å². The molecule has 16 heavy (non-hydrogen) atoms. The van der Waals surface area contributed by atoms with E-state index >= 15 is 0 Å². The van der Waals surface area contributed by atoms with Crippen LogP contribution in [0.2, 0.25) is 0 Å². The van der Waals surface area contributed by atoms with Gasteiger partial charge in [-0.15, -0.1) is 0 Å². The molecular weight excluding hydrogens is 198 g/mol. The standard InChI is InChI=1S/C14H19NO/c1-10-9-15-13-8-4-6-11-5-2-3-7-12(11)14(13)16-10/h2-3,5,7,10,13-15H,4,6,8-9H2,1H3/t10?,13-,14-/m0/s1. The first-order valence-corrected chi connectivity index (χ1v) is 6.31. The molecule has 3 atom stereocenters. The molecule has 1 heterocycles. The summed E-state index contributed by atoms with van der Waals surface area (Å²) in [5, 5.41) is 3.63. The molecule has 1 fully saturated rings. The van der Waals surface area contributed by atoms with Crippen molar-refractivity contribution in [2.45, 2.75) is 44.4 Å². The van der Waals surface area contributed by atoms with Gasteiger partial charge in [-0.25, -0.2) is 0 Å². The molecule has 2 heteroatoms. The van der Waals surface area contributed by atoms with Gasteiger partial charge in [0.15, 0.2) is 0 Å². The van der Waals surface area contributed by atoms with Gasteiger partial charge >= 0.3 is 0 Å². The summed E-state index contributed by atoms with van der Waals surface area (Å²) in [6.07, 6.45) is 4.28. The zero-order valence-electron chi connectivity index (χ0n) is 9.78. The second-order valence-electron chi connectivity index (χ2n) is 4.97. The van der Waals surface area contributed by atoms with E-state index < -0.39 is 0 Å². The van der Waals surface area contributed by atoms with E-state index in [0.717, 1.165) is 6.54 Å². The largest absolute Gasteiger partial charge is 0.368 e. The van der Waals surface area contributed by atoms with Gasteiger partial charge in [0.2, 0.25) is 0 Å². The number of nitrogens with one attached hydrogen (secondary N) is 1. The fourth-order valence-corrected chi connectivity index (χ4v) is 2.91. The summed E-state index contributed by atoms with van der Waals surface area (Å²) in [5.41, 5.74) is 2.88. The summed E-state index contributed by atoms with van der Waals surface area (Å²) in [7, 11) is 0. The number of benzene rings is 1. The Bertz CT molecular complexity index is 375. The van der Waals surface area contributed by atoms with Crippen LogP contribution in [0.1, 0.15) is 37.0 Å². The van der Waals surface area contributed by atoms with Crippen LogP contribution in [-0.4, -0.2) is 18.7 Å². The van der Waals surface area contributed by atoms with Crippen molar-refractivity contribution in [3.8, 4) is 0 Å². The maximum Gasteiger partial charge on any atom is 0.0984 e. The molecule has 2 nitrogen and oxygen atoms in total. The number of rotatable bonds is 0. The van der Waals surface area contributed by atoms with Crippen LogP contribution in [0.3, 0.4) is 0 Å². The molecule has 0 amide bonds. The molecule has 1 aromatic carbocycles. The third-order valence-corrected chi connectivity index (χ3v) is 3.73. The lowest BCUT2D eigenvalue weighted by Gasteiger charge is -2.36. The molecule has 2 aliphatic rings. The highest BCUT2D eigenvalue weighted by atomic mass is 16.5. The van der Waals surface area contributed by atoms with Crippen LogP contribution in [-0.2, 0) is 11.2 Å². The Hall–Kier alpha value is -0.860. The van der Waals surface area contributed by atoms with Crippen molar-refractivity contribution in [2.24, 2.45) is 0 Å². The predicted octanol–water partition coefficient (Wildman–Crippen LogP) is 2.44. The third kappa shape index (κ3) is 1.76. The van der Waals surface area contributed by atoms with Crippen molar-refractivity contribution in [1.29, 1.82) is 0 Å².